The first-order chi connectivity index (χ1) is 45.3. The first-order valence-electron chi connectivity index (χ1n) is 33.5. The zero-order valence-electron chi connectivity index (χ0n) is 52.3. The quantitative estimate of drug-likeness (QED) is 0.141. The molecule has 12 aromatic carbocycles. The first-order valence-corrected chi connectivity index (χ1v) is 33.5. The lowest BCUT2D eigenvalue weighted by Gasteiger charge is -2.50. The van der Waals surface area contributed by atoms with Gasteiger partial charge in [-0.15, -0.1) is 0 Å². The topological polar surface area (TPSA) is 16.2 Å². The lowest BCUT2D eigenvalue weighted by molar-refractivity contribution is 0.283. The predicted molar refractivity (Wildman–Crippen MR) is 390 cm³/mol. The first kappa shape index (κ1) is 53.6. The van der Waals surface area contributed by atoms with E-state index in [4.69, 9.17) is 0 Å². The monoisotopic (exact) mass is 1180 g/mol. The second kappa shape index (κ2) is 20.6. The fraction of sp³-hybridized carbons (Fsp3) is 0.153. The molecule has 7 aliphatic rings. The summed E-state index contributed by atoms with van der Waals surface area (Å²) < 4.78 is 0. The highest BCUT2D eigenvalue weighted by molar-refractivity contribution is 7.03. The van der Waals surface area contributed by atoms with Gasteiger partial charge in [-0.05, 0) is 201 Å². The molecule has 7 heteroatoms. The Bertz CT molecular complexity index is 4840. The fourth-order valence-electron chi connectivity index (χ4n) is 18.0. The summed E-state index contributed by atoms with van der Waals surface area (Å²) in [6.45, 7) is 6.95. The lowest BCUT2D eigenvalue weighted by atomic mass is 9.30. The van der Waals surface area contributed by atoms with Crippen LogP contribution in [0.4, 0.5) is 73.9 Å². The molecule has 12 aromatic rings. The molecule has 0 spiro atoms. The highest BCUT2D eigenvalue weighted by atomic mass is 15.3. The summed E-state index contributed by atoms with van der Waals surface area (Å²) in [5.74, 6) is 1.60. The van der Waals surface area contributed by atoms with E-state index in [-0.39, 0.29) is 18.8 Å². The van der Waals surface area contributed by atoms with Crippen LogP contribution in [-0.4, -0.2) is 25.5 Å². The Morgan fingerprint density at radius 1 is 0.326 bits per heavy atom. The molecule has 0 amide bonds. The Labute approximate surface area is 541 Å². The Morgan fingerprint density at radius 2 is 0.750 bits per heavy atom. The van der Waals surface area contributed by atoms with Crippen LogP contribution in [0.2, 0.25) is 0 Å². The van der Waals surface area contributed by atoms with Gasteiger partial charge in [-0.2, -0.15) is 0 Å². The van der Waals surface area contributed by atoms with E-state index in [1.54, 1.807) is 0 Å². The second-order valence-electron chi connectivity index (χ2n) is 27.9. The molecule has 5 nitrogen and oxygen atoms in total. The number of hydrogen-bond donors (Lipinski definition) is 0. The van der Waals surface area contributed by atoms with Crippen LogP contribution in [0.3, 0.4) is 0 Å². The summed E-state index contributed by atoms with van der Waals surface area (Å²) >= 11 is 0. The summed E-state index contributed by atoms with van der Waals surface area (Å²) in [7, 11) is 0. The number of fused-ring (bicyclic) bond motifs is 10. The van der Waals surface area contributed by atoms with Crippen molar-refractivity contribution in [3.63, 3.8) is 0 Å². The number of nitrogens with zero attached hydrogens (tertiary/aromatic N) is 5. The standard InChI is InChI=1S/C85H69B2N5/c1-85(2,3)61-49-78-82-79(50-61)92(84-67(57-28-12-5-13-29-57)47-60(56-26-10-4-11-27-56)48-68(84)58-30-14-6-15-31-58)74-41-25-23-39-70(74)87(82)71-53-72-77(54-76(71)90(78)63-34-18-8-19-35-63)91(64-36-20-9-21-37-64)81-52-66(88-65-43-42-59-44-55(45-65)46-75(59)88)51-80-83(81)86(72)69-38-22-24-40-73(69)89(80)62-32-16-7-17-33-62/h4-41,47-55,59,65,75H,42-46H2,1-3H3. The van der Waals surface area contributed by atoms with Crippen LogP contribution in [0.25, 0.3) is 33.4 Å². The minimum Gasteiger partial charge on any atom is -0.365 e. The van der Waals surface area contributed by atoms with E-state index in [0.717, 1.165) is 28.9 Å². The average molecular weight is 1180 g/mol. The lowest BCUT2D eigenvalue weighted by Crippen LogP contribution is -2.65. The average Bonchev–Trinajstić information content (AvgIpc) is 0.778. The van der Waals surface area contributed by atoms with Crippen LogP contribution in [0, 0.1) is 11.8 Å². The maximum atomic E-state index is 2.93. The van der Waals surface area contributed by atoms with Gasteiger partial charge in [-0.3, -0.25) is 0 Å². The largest absolute Gasteiger partial charge is 0.365 e. The predicted octanol–water partition coefficient (Wildman–Crippen LogP) is 17.9. The molecule has 3 fully saturated rings. The zero-order valence-corrected chi connectivity index (χ0v) is 52.3. The molecular weight excluding hydrogens is 1110 g/mol. The minimum absolute atomic E-state index is 0.0752. The van der Waals surface area contributed by atoms with Gasteiger partial charge >= 0.3 is 0 Å². The number of para-hydroxylation sites is 5. The van der Waals surface area contributed by atoms with Gasteiger partial charge in [-0.1, -0.05) is 209 Å². The van der Waals surface area contributed by atoms with Crippen molar-refractivity contribution in [1.29, 1.82) is 0 Å². The van der Waals surface area contributed by atoms with Crippen LogP contribution in [-0.2, 0) is 5.41 Å². The number of anilines is 13. The molecular formula is C85H69B2N5. The van der Waals surface area contributed by atoms with Gasteiger partial charge in [-0.25, -0.2) is 0 Å². The van der Waals surface area contributed by atoms with Crippen molar-refractivity contribution in [3.8, 4) is 33.4 Å². The molecule has 0 aromatic heterocycles. The summed E-state index contributed by atoms with van der Waals surface area (Å²) in [6.07, 6.45) is 6.61. The van der Waals surface area contributed by atoms with E-state index in [2.05, 4.69) is 324 Å². The van der Waals surface area contributed by atoms with Crippen LogP contribution in [0.15, 0.2) is 279 Å². The van der Waals surface area contributed by atoms with Crippen molar-refractivity contribution in [2.24, 2.45) is 11.8 Å². The molecule has 0 N–H and O–H groups in total. The zero-order chi connectivity index (χ0) is 60.9. The Kier molecular flexibility index (Phi) is 12.0. The Hall–Kier alpha value is -10.2. The van der Waals surface area contributed by atoms with Crippen LogP contribution >= 0.6 is 0 Å². The number of benzene rings is 12. The summed E-state index contributed by atoms with van der Waals surface area (Å²) in [5, 5.41) is 0. The van der Waals surface area contributed by atoms with Gasteiger partial charge in [0.15, 0.2) is 0 Å². The highest BCUT2D eigenvalue weighted by Crippen LogP contribution is 2.56. The maximum absolute atomic E-state index is 2.93. The van der Waals surface area contributed by atoms with Crippen LogP contribution < -0.4 is 57.3 Å². The molecule has 19 rings (SSSR count). The minimum atomic E-state index is -0.220. The number of piperidine rings is 2. The maximum Gasteiger partial charge on any atom is 0.252 e. The smallest absolute Gasteiger partial charge is 0.252 e. The second-order valence-corrected chi connectivity index (χ2v) is 27.9. The normalized spacial score (nSPS) is 18.4. The molecule has 6 aliphatic heterocycles. The number of rotatable bonds is 8. The van der Waals surface area contributed by atoms with E-state index in [0.29, 0.717) is 12.1 Å². The third kappa shape index (κ3) is 8.13. The van der Waals surface area contributed by atoms with Crippen LogP contribution in [0.5, 0.6) is 0 Å². The molecule has 3 bridgehead atoms. The van der Waals surface area contributed by atoms with Crippen molar-refractivity contribution in [1.82, 2.24) is 0 Å². The van der Waals surface area contributed by atoms with Crippen molar-refractivity contribution < 1.29 is 0 Å². The third-order valence-electron chi connectivity index (χ3n) is 21.9. The van der Waals surface area contributed by atoms with Crippen molar-refractivity contribution >= 4 is 120 Å². The van der Waals surface area contributed by atoms with Gasteiger partial charge in [0.25, 0.3) is 13.4 Å². The van der Waals surface area contributed by atoms with E-state index in [1.165, 1.54) is 161 Å². The van der Waals surface area contributed by atoms with Gasteiger partial charge in [0.2, 0.25) is 0 Å². The van der Waals surface area contributed by atoms with Crippen molar-refractivity contribution in [2.45, 2.75) is 70.4 Å². The molecule has 1 aliphatic carbocycles. The molecule has 0 radical (unpaired) electrons. The van der Waals surface area contributed by atoms with Crippen molar-refractivity contribution in [3.05, 3.63) is 285 Å². The third-order valence-corrected chi connectivity index (χ3v) is 21.9. The Morgan fingerprint density at radius 3 is 1.25 bits per heavy atom. The molecule has 1 saturated carbocycles. The van der Waals surface area contributed by atoms with Gasteiger partial charge in [0.1, 0.15) is 0 Å². The molecule has 2 saturated heterocycles. The van der Waals surface area contributed by atoms with E-state index in [9.17, 15) is 0 Å². The molecule has 440 valence electrons. The fourth-order valence-corrected chi connectivity index (χ4v) is 18.0. The van der Waals surface area contributed by atoms with Crippen LogP contribution in [0.1, 0.15) is 58.4 Å². The van der Waals surface area contributed by atoms with Gasteiger partial charge in [0, 0.05) is 91.5 Å². The summed E-state index contributed by atoms with van der Waals surface area (Å²) in [4.78, 5) is 13.5. The number of hydrogen-bond acceptors (Lipinski definition) is 5. The summed E-state index contributed by atoms with van der Waals surface area (Å²) in [5.41, 5.74) is 31.9. The van der Waals surface area contributed by atoms with E-state index < -0.39 is 0 Å². The molecule has 4 atom stereocenters. The van der Waals surface area contributed by atoms with Gasteiger partial charge < -0.3 is 24.5 Å². The Balaban J connectivity index is 0.916. The molecule has 4 unspecified atom stereocenters. The summed E-state index contributed by atoms with van der Waals surface area (Å²) in [6, 6.07) is 108. The molecule has 6 heterocycles. The molecule has 92 heavy (non-hydrogen) atoms. The van der Waals surface area contributed by atoms with Crippen molar-refractivity contribution in [2.75, 3.05) is 24.5 Å². The highest BCUT2D eigenvalue weighted by Gasteiger charge is 2.52. The SMILES string of the molecule is CC(C)(C)c1cc2c3c(c1)N(c1c(-c4ccccc4)cc(-c4ccccc4)cc1-c1ccccc1)c1ccccc1B3c1cc3c(cc1N2c1ccccc1)N(c1ccccc1)c1cc(N2C4CCC5CC(C4)CC52)cc2c1B3c1ccccc1N2c1ccccc1. The van der Waals surface area contributed by atoms with E-state index in [1.807, 2.05) is 0 Å². The van der Waals surface area contributed by atoms with E-state index >= 15 is 0 Å². The van der Waals surface area contributed by atoms with Gasteiger partial charge in [0.05, 0.1) is 5.69 Å².